The molecule has 1 N–H and O–H groups in total. The van der Waals surface area contributed by atoms with Crippen LogP contribution in [0.15, 0.2) is 42.5 Å². The van der Waals surface area contributed by atoms with Gasteiger partial charge in [-0.15, -0.1) is 0 Å². The highest BCUT2D eigenvalue weighted by molar-refractivity contribution is 7.92. The molecular weight excluding hydrogens is 507 g/mol. The molecule has 2 aromatic rings. The fraction of sp³-hybridized carbons (Fsp3) is 0.417. The molecule has 0 aliphatic heterocycles. The SMILES string of the molecule is CC[C@@H](C)NC(=O)[C@H](C)N(Cc1ccccc1F)C(=O)CN(c1cc([N+](=O)[O-])ccc1OC)S(C)(=O)=O. The summed E-state index contributed by atoms with van der Waals surface area (Å²) in [4.78, 5) is 38.1. The van der Waals surface area contributed by atoms with Crippen molar-refractivity contribution in [2.45, 2.75) is 45.8 Å². The molecule has 0 unspecified atom stereocenters. The summed E-state index contributed by atoms with van der Waals surface area (Å²) in [5, 5.41) is 14.1. The molecule has 2 atom stereocenters. The van der Waals surface area contributed by atoms with Gasteiger partial charge in [-0.25, -0.2) is 12.8 Å². The molecule has 2 rings (SSSR count). The summed E-state index contributed by atoms with van der Waals surface area (Å²) in [6.07, 6.45) is 1.47. The van der Waals surface area contributed by atoms with Crippen molar-refractivity contribution in [3.63, 3.8) is 0 Å². The highest BCUT2D eigenvalue weighted by atomic mass is 32.2. The van der Waals surface area contributed by atoms with Crippen LogP contribution in [0.5, 0.6) is 5.75 Å². The Morgan fingerprint density at radius 3 is 2.38 bits per heavy atom. The summed E-state index contributed by atoms with van der Waals surface area (Å²) < 4.78 is 45.8. The standard InChI is InChI=1S/C24H31FN4O7S/c1-6-16(2)26-24(31)17(3)27(14-18-9-7-8-10-20(18)25)23(30)15-28(37(5,34)35)21-13-19(29(32)33)11-12-22(21)36-4/h7-13,16-17H,6,14-15H2,1-5H3,(H,26,31)/t16-,17+/m1/s1. The molecule has 0 spiro atoms. The second kappa shape index (κ2) is 12.5. The monoisotopic (exact) mass is 538 g/mol. The lowest BCUT2D eigenvalue weighted by molar-refractivity contribution is -0.384. The number of nitro benzene ring substituents is 1. The van der Waals surface area contributed by atoms with Crippen LogP contribution in [0.4, 0.5) is 15.8 Å². The third-order valence-corrected chi connectivity index (χ3v) is 6.91. The number of anilines is 1. The predicted octanol–water partition coefficient (Wildman–Crippen LogP) is 2.84. The molecule has 202 valence electrons. The molecule has 11 nitrogen and oxygen atoms in total. The van der Waals surface area contributed by atoms with Crippen molar-refractivity contribution in [1.29, 1.82) is 0 Å². The van der Waals surface area contributed by atoms with Gasteiger partial charge < -0.3 is 15.0 Å². The molecule has 2 aromatic carbocycles. The molecular formula is C24H31FN4O7S. The number of hydrogen-bond donors (Lipinski definition) is 1. The van der Waals surface area contributed by atoms with E-state index in [0.717, 1.165) is 23.3 Å². The quantitative estimate of drug-likeness (QED) is 0.324. The fourth-order valence-electron chi connectivity index (χ4n) is 3.44. The second-order valence-electron chi connectivity index (χ2n) is 8.49. The summed E-state index contributed by atoms with van der Waals surface area (Å²) in [6, 6.07) is 7.76. The minimum Gasteiger partial charge on any atom is -0.495 e. The van der Waals surface area contributed by atoms with E-state index in [1.807, 2.05) is 6.92 Å². The van der Waals surface area contributed by atoms with Gasteiger partial charge in [-0.2, -0.15) is 0 Å². The molecule has 0 saturated heterocycles. The molecule has 0 saturated carbocycles. The van der Waals surface area contributed by atoms with Gasteiger partial charge >= 0.3 is 0 Å². The van der Waals surface area contributed by atoms with Crippen LogP contribution in [0.3, 0.4) is 0 Å². The van der Waals surface area contributed by atoms with Gasteiger partial charge in [-0.3, -0.25) is 24.0 Å². The minimum atomic E-state index is -4.16. The molecule has 37 heavy (non-hydrogen) atoms. The maximum Gasteiger partial charge on any atom is 0.271 e. The lowest BCUT2D eigenvalue weighted by Gasteiger charge is -2.32. The van der Waals surface area contributed by atoms with E-state index in [1.165, 1.54) is 38.3 Å². The van der Waals surface area contributed by atoms with Crippen LogP contribution in [0.2, 0.25) is 0 Å². The van der Waals surface area contributed by atoms with Gasteiger partial charge in [0.15, 0.2) is 0 Å². The highest BCUT2D eigenvalue weighted by Crippen LogP contribution is 2.34. The molecule has 0 aliphatic rings. The van der Waals surface area contributed by atoms with Crippen LogP contribution >= 0.6 is 0 Å². The third kappa shape index (κ3) is 7.62. The van der Waals surface area contributed by atoms with E-state index < -0.39 is 50.9 Å². The molecule has 0 aromatic heterocycles. The van der Waals surface area contributed by atoms with E-state index in [0.29, 0.717) is 10.7 Å². The first-order valence-corrected chi connectivity index (χ1v) is 13.3. The Labute approximate surface area is 215 Å². The van der Waals surface area contributed by atoms with Gasteiger partial charge in [0.25, 0.3) is 5.69 Å². The molecule has 0 fully saturated rings. The van der Waals surface area contributed by atoms with Crippen molar-refractivity contribution in [3.8, 4) is 5.75 Å². The maximum absolute atomic E-state index is 14.5. The van der Waals surface area contributed by atoms with Crippen LogP contribution in [0.1, 0.15) is 32.8 Å². The van der Waals surface area contributed by atoms with E-state index in [2.05, 4.69) is 5.32 Å². The Morgan fingerprint density at radius 2 is 1.84 bits per heavy atom. The Hall–Kier alpha value is -3.74. The number of nitro groups is 1. The van der Waals surface area contributed by atoms with E-state index in [9.17, 15) is 32.5 Å². The summed E-state index contributed by atoms with van der Waals surface area (Å²) in [5.41, 5.74) is -0.519. The van der Waals surface area contributed by atoms with Crippen molar-refractivity contribution >= 4 is 33.2 Å². The Morgan fingerprint density at radius 1 is 1.19 bits per heavy atom. The maximum atomic E-state index is 14.5. The van der Waals surface area contributed by atoms with Crippen LogP contribution < -0.4 is 14.4 Å². The number of hydrogen-bond acceptors (Lipinski definition) is 7. The lowest BCUT2D eigenvalue weighted by Crippen LogP contribution is -2.52. The normalized spacial score (nSPS) is 12.8. The number of rotatable bonds is 12. The first-order chi connectivity index (χ1) is 17.3. The van der Waals surface area contributed by atoms with E-state index >= 15 is 0 Å². The summed E-state index contributed by atoms with van der Waals surface area (Å²) in [6.45, 7) is 3.98. The zero-order chi connectivity index (χ0) is 27.9. The number of methoxy groups -OCH3 is 1. The smallest absolute Gasteiger partial charge is 0.271 e. The van der Waals surface area contributed by atoms with Gasteiger partial charge in [0, 0.05) is 30.3 Å². The van der Waals surface area contributed by atoms with Crippen molar-refractivity contribution < 1.29 is 32.1 Å². The molecule has 0 heterocycles. The van der Waals surface area contributed by atoms with Crippen LogP contribution in [0.25, 0.3) is 0 Å². The summed E-state index contributed by atoms with van der Waals surface area (Å²) in [7, 11) is -2.91. The second-order valence-corrected chi connectivity index (χ2v) is 10.4. The topological polar surface area (TPSA) is 139 Å². The molecule has 2 amide bonds. The van der Waals surface area contributed by atoms with Crippen molar-refractivity contribution in [1.82, 2.24) is 10.2 Å². The number of nitrogens with one attached hydrogen (secondary N) is 1. The number of carbonyl (C=O) groups is 2. The number of benzene rings is 2. The van der Waals surface area contributed by atoms with Gasteiger partial charge in [-0.05, 0) is 32.4 Å². The molecule has 0 bridgehead atoms. The average molecular weight is 539 g/mol. The van der Waals surface area contributed by atoms with Crippen molar-refractivity contribution in [3.05, 3.63) is 64.0 Å². The number of nitrogens with zero attached hydrogens (tertiary/aromatic N) is 3. The Bertz CT molecular complexity index is 1260. The first kappa shape index (κ1) is 29.5. The van der Waals surface area contributed by atoms with Crippen LogP contribution in [0, 0.1) is 15.9 Å². The zero-order valence-electron chi connectivity index (χ0n) is 21.3. The van der Waals surface area contributed by atoms with E-state index in [-0.39, 0.29) is 29.6 Å². The number of non-ortho nitro benzene ring substituents is 1. The summed E-state index contributed by atoms with van der Waals surface area (Å²) in [5.74, 6) is -1.95. The van der Waals surface area contributed by atoms with Crippen LogP contribution in [-0.2, 0) is 26.2 Å². The predicted molar refractivity (Wildman–Crippen MR) is 136 cm³/mol. The van der Waals surface area contributed by atoms with Gasteiger partial charge in [0.1, 0.15) is 29.8 Å². The van der Waals surface area contributed by atoms with Crippen LogP contribution in [-0.4, -0.2) is 62.0 Å². The summed E-state index contributed by atoms with van der Waals surface area (Å²) >= 11 is 0. The number of halogens is 1. The lowest BCUT2D eigenvalue weighted by atomic mass is 10.1. The highest BCUT2D eigenvalue weighted by Gasteiger charge is 2.32. The largest absolute Gasteiger partial charge is 0.495 e. The molecule has 0 aliphatic carbocycles. The molecule has 13 heteroatoms. The number of ether oxygens (including phenoxy) is 1. The van der Waals surface area contributed by atoms with E-state index in [4.69, 9.17) is 4.74 Å². The number of carbonyl (C=O) groups excluding carboxylic acids is 2. The minimum absolute atomic E-state index is 0.0213. The van der Waals surface area contributed by atoms with Gasteiger partial charge in [0.05, 0.1) is 18.3 Å². The Balaban J connectivity index is 2.53. The van der Waals surface area contributed by atoms with E-state index in [1.54, 1.807) is 13.0 Å². The fourth-order valence-corrected chi connectivity index (χ4v) is 4.28. The van der Waals surface area contributed by atoms with Gasteiger partial charge in [-0.1, -0.05) is 25.1 Å². The average Bonchev–Trinajstić information content (AvgIpc) is 2.84. The zero-order valence-corrected chi connectivity index (χ0v) is 22.1. The van der Waals surface area contributed by atoms with Crippen molar-refractivity contribution in [2.24, 2.45) is 0 Å². The number of amides is 2. The first-order valence-electron chi connectivity index (χ1n) is 11.4. The third-order valence-electron chi connectivity index (χ3n) is 5.79. The van der Waals surface area contributed by atoms with Gasteiger partial charge in [0.2, 0.25) is 21.8 Å². The number of sulfonamides is 1. The Kier molecular flexibility index (Phi) is 9.95. The molecule has 0 radical (unpaired) electrons. The van der Waals surface area contributed by atoms with Crippen molar-refractivity contribution in [2.75, 3.05) is 24.2 Å².